The van der Waals surface area contributed by atoms with E-state index in [0.717, 1.165) is 19.6 Å². The van der Waals surface area contributed by atoms with Crippen molar-refractivity contribution in [3.8, 4) is 0 Å². The topological polar surface area (TPSA) is 67.2 Å². The third-order valence-corrected chi connectivity index (χ3v) is 4.83. The molecule has 2 aromatic rings. The first-order valence-corrected chi connectivity index (χ1v) is 9.19. The normalized spacial score (nSPS) is 15.4. The second-order valence-corrected chi connectivity index (χ2v) is 6.75. The Morgan fingerprint density at radius 2 is 2.04 bits per heavy atom. The molecule has 2 heterocycles. The molecular weight excluding hydrogens is 340 g/mol. The minimum Gasteiger partial charge on any atom is -0.349 e. The zero-order valence-corrected chi connectivity index (χ0v) is 15.2. The number of carbonyl (C=O) groups is 1. The highest BCUT2D eigenvalue weighted by molar-refractivity contribution is 6.31. The first-order valence-electron chi connectivity index (χ1n) is 8.81. The maximum Gasteiger partial charge on any atom is 0.275 e. The predicted molar refractivity (Wildman–Crippen MR) is 99.3 cm³/mol. The molecule has 25 heavy (non-hydrogen) atoms. The van der Waals surface area contributed by atoms with Crippen molar-refractivity contribution in [2.45, 2.75) is 32.7 Å². The van der Waals surface area contributed by atoms with E-state index >= 15 is 0 Å². The fourth-order valence-corrected chi connectivity index (χ4v) is 3.42. The summed E-state index contributed by atoms with van der Waals surface area (Å²) in [5.41, 5.74) is 0.231. The van der Waals surface area contributed by atoms with Crippen molar-refractivity contribution in [3.63, 3.8) is 0 Å². The van der Waals surface area contributed by atoms with Gasteiger partial charge in [-0.25, -0.2) is 0 Å². The van der Waals surface area contributed by atoms with E-state index in [4.69, 9.17) is 11.6 Å². The van der Waals surface area contributed by atoms with Crippen LogP contribution >= 0.6 is 11.6 Å². The smallest absolute Gasteiger partial charge is 0.275 e. The fraction of sp³-hybridized carbons (Fsp3) is 0.500. The van der Waals surface area contributed by atoms with Gasteiger partial charge in [-0.05, 0) is 51.1 Å². The lowest BCUT2D eigenvalue weighted by atomic mass is 10.1. The largest absolute Gasteiger partial charge is 0.349 e. The molecule has 0 spiro atoms. The summed E-state index contributed by atoms with van der Waals surface area (Å²) in [5, 5.41) is 7.97. The number of nitrogens with one attached hydrogen (secondary N) is 1. The Morgan fingerprint density at radius 1 is 1.28 bits per heavy atom. The SMILES string of the molecule is CCn1nc(C(=O)NCCN2CCCCC2)c(=O)c2cc(Cl)ccc21. The van der Waals surface area contributed by atoms with E-state index in [2.05, 4.69) is 15.3 Å². The lowest BCUT2D eigenvalue weighted by Crippen LogP contribution is -2.39. The van der Waals surface area contributed by atoms with Crippen LogP contribution in [0.15, 0.2) is 23.0 Å². The van der Waals surface area contributed by atoms with Gasteiger partial charge in [0.05, 0.1) is 10.9 Å². The molecule has 0 radical (unpaired) electrons. The first-order chi connectivity index (χ1) is 12.1. The minimum atomic E-state index is -0.425. The number of aryl methyl sites for hydroxylation is 1. The summed E-state index contributed by atoms with van der Waals surface area (Å²) in [6.45, 7) is 5.94. The summed E-state index contributed by atoms with van der Waals surface area (Å²) in [6, 6.07) is 5.07. The van der Waals surface area contributed by atoms with Gasteiger partial charge in [0.2, 0.25) is 5.43 Å². The summed E-state index contributed by atoms with van der Waals surface area (Å²) >= 11 is 6.01. The lowest BCUT2D eigenvalue weighted by Gasteiger charge is -2.26. The number of piperidine rings is 1. The molecule has 1 fully saturated rings. The van der Waals surface area contributed by atoms with Crippen LogP contribution in [0.4, 0.5) is 0 Å². The van der Waals surface area contributed by atoms with Crippen LogP contribution < -0.4 is 10.7 Å². The molecule has 1 amide bonds. The zero-order valence-electron chi connectivity index (χ0n) is 14.4. The predicted octanol–water partition coefficient (Wildman–Crippen LogP) is 2.29. The highest BCUT2D eigenvalue weighted by Gasteiger charge is 2.18. The standard InChI is InChI=1S/C18H23ClN4O2/c1-2-23-15-7-6-13(19)12-14(15)17(24)16(21-23)18(25)20-8-11-22-9-4-3-5-10-22/h6-7,12H,2-5,8-11H2,1H3,(H,20,25). The van der Waals surface area contributed by atoms with Crippen LogP contribution in [0.5, 0.6) is 0 Å². The van der Waals surface area contributed by atoms with Crippen LogP contribution in [-0.4, -0.2) is 46.8 Å². The van der Waals surface area contributed by atoms with Crippen LogP contribution in [0.3, 0.4) is 0 Å². The van der Waals surface area contributed by atoms with Gasteiger partial charge in [-0.2, -0.15) is 5.10 Å². The summed E-state index contributed by atoms with van der Waals surface area (Å²) in [7, 11) is 0. The number of hydrogen-bond acceptors (Lipinski definition) is 4. The Kier molecular flexibility index (Phi) is 5.71. The molecule has 134 valence electrons. The molecule has 0 unspecified atom stereocenters. The molecule has 0 bridgehead atoms. The highest BCUT2D eigenvalue weighted by atomic mass is 35.5. The molecule has 1 aromatic carbocycles. The van der Waals surface area contributed by atoms with Crippen LogP contribution in [0, 0.1) is 0 Å². The van der Waals surface area contributed by atoms with Gasteiger partial charge in [-0.1, -0.05) is 18.0 Å². The van der Waals surface area contributed by atoms with Gasteiger partial charge in [-0.3, -0.25) is 14.3 Å². The number of hydrogen-bond donors (Lipinski definition) is 1. The maximum atomic E-state index is 12.6. The Morgan fingerprint density at radius 3 is 2.76 bits per heavy atom. The van der Waals surface area contributed by atoms with Crippen LogP contribution in [0.25, 0.3) is 10.9 Å². The highest BCUT2D eigenvalue weighted by Crippen LogP contribution is 2.16. The van der Waals surface area contributed by atoms with Gasteiger partial charge in [-0.15, -0.1) is 0 Å². The number of fused-ring (bicyclic) bond motifs is 1. The van der Waals surface area contributed by atoms with Gasteiger partial charge in [0.1, 0.15) is 0 Å². The number of carbonyl (C=O) groups excluding carboxylic acids is 1. The Bertz CT molecular complexity index is 828. The van der Waals surface area contributed by atoms with Crippen molar-refractivity contribution in [1.82, 2.24) is 20.0 Å². The third-order valence-electron chi connectivity index (χ3n) is 4.59. The molecule has 3 rings (SSSR count). The monoisotopic (exact) mass is 362 g/mol. The van der Waals surface area contributed by atoms with Gasteiger partial charge >= 0.3 is 0 Å². The molecule has 0 atom stereocenters. The average molecular weight is 363 g/mol. The van der Waals surface area contributed by atoms with Crippen molar-refractivity contribution in [2.75, 3.05) is 26.2 Å². The zero-order chi connectivity index (χ0) is 17.8. The summed E-state index contributed by atoms with van der Waals surface area (Å²) in [5.74, 6) is -0.425. The molecule has 0 saturated carbocycles. The Hall–Kier alpha value is -1.92. The number of aromatic nitrogens is 2. The number of rotatable bonds is 5. The van der Waals surface area contributed by atoms with Crippen LogP contribution in [-0.2, 0) is 6.54 Å². The van der Waals surface area contributed by atoms with Crippen molar-refractivity contribution >= 4 is 28.4 Å². The molecule has 6 nitrogen and oxygen atoms in total. The first kappa shape index (κ1) is 17.9. The van der Waals surface area contributed by atoms with Gasteiger partial charge < -0.3 is 10.2 Å². The van der Waals surface area contributed by atoms with Crippen LogP contribution in [0.2, 0.25) is 5.02 Å². The number of amides is 1. The molecule has 7 heteroatoms. The lowest BCUT2D eigenvalue weighted by molar-refractivity contribution is 0.0938. The molecule has 0 aliphatic carbocycles. The van der Waals surface area contributed by atoms with Gasteiger partial charge in [0, 0.05) is 24.7 Å². The minimum absolute atomic E-state index is 0.0738. The number of benzene rings is 1. The van der Waals surface area contributed by atoms with E-state index in [0.29, 0.717) is 29.0 Å². The van der Waals surface area contributed by atoms with E-state index in [-0.39, 0.29) is 11.1 Å². The van der Waals surface area contributed by atoms with Crippen molar-refractivity contribution in [1.29, 1.82) is 0 Å². The summed E-state index contributed by atoms with van der Waals surface area (Å²) < 4.78 is 1.66. The third kappa shape index (κ3) is 4.02. The maximum absolute atomic E-state index is 12.6. The van der Waals surface area contributed by atoms with E-state index in [1.54, 1.807) is 22.9 Å². The second kappa shape index (κ2) is 7.97. The summed E-state index contributed by atoms with van der Waals surface area (Å²) in [6.07, 6.45) is 3.70. The second-order valence-electron chi connectivity index (χ2n) is 6.31. The summed E-state index contributed by atoms with van der Waals surface area (Å²) in [4.78, 5) is 27.4. The molecule has 1 aliphatic rings. The quantitative estimate of drug-likeness (QED) is 0.886. The van der Waals surface area contributed by atoms with Crippen molar-refractivity contribution in [2.24, 2.45) is 0 Å². The van der Waals surface area contributed by atoms with E-state index in [9.17, 15) is 9.59 Å². The van der Waals surface area contributed by atoms with Crippen molar-refractivity contribution in [3.05, 3.63) is 39.1 Å². The Balaban J connectivity index is 1.78. The molecular formula is C18H23ClN4O2. The molecule has 1 aromatic heterocycles. The Labute approximate surface area is 151 Å². The average Bonchev–Trinajstić information content (AvgIpc) is 2.63. The fourth-order valence-electron chi connectivity index (χ4n) is 3.25. The van der Waals surface area contributed by atoms with E-state index in [1.165, 1.54) is 19.3 Å². The number of halogens is 1. The van der Waals surface area contributed by atoms with Crippen molar-refractivity contribution < 1.29 is 4.79 Å². The van der Waals surface area contributed by atoms with E-state index < -0.39 is 5.91 Å². The van der Waals surface area contributed by atoms with Gasteiger partial charge in [0.15, 0.2) is 5.69 Å². The number of likely N-dealkylation sites (tertiary alicyclic amines) is 1. The molecule has 1 saturated heterocycles. The van der Waals surface area contributed by atoms with E-state index in [1.807, 2.05) is 6.92 Å². The molecule has 1 N–H and O–H groups in total. The molecule has 1 aliphatic heterocycles. The van der Waals surface area contributed by atoms with Crippen LogP contribution in [0.1, 0.15) is 36.7 Å². The number of nitrogens with zero attached hydrogens (tertiary/aromatic N) is 3. The van der Waals surface area contributed by atoms with Gasteiger partial charge in [0.25, 0.3) is 5.91 Å².